The highest BCUT2D eigenvalue weighted by Crippen LogP contribution is 2.32. The number of anilines is 1. The lowest BCUT2D eigenvalue weighted by molar-refractivity contribution is -0.120. The van der Waals surface area contributed by atoms with Gasteiger partial charge in [-0.3, -0.25) is 9.59 Å². The number of rotatable bonds is 6. The van der Waals surface area contributed by atoms with E-state index in [9.17, 15) is 9.59 Å². The number of carbonyl (C=O) groups excluding carboxylic acids is 2. The molecule has 2 amide bonds. The molecule has 1 aliphatic carbocycles. The highest BCUT2D eigenvalue weighted by Gasteiger charge is 2.30. The minimum Gasteiger partial charge on any atom is -0.464 e. The van der Waals surface area contributed by atoms with Crippen molar-refractivity contribution in [3.05, 3.63) is 88.1 Å². The molecule has 2 heterocycles. The molecule has 0 saturated carbocycles. The van der Waals surface area contributed by atoms with Gasteiger partial charge in [0.2, 0.25) is 5.91 Å². The first-order valence-corrected chi connectivity index (χ1v) is 12.7. The van der Waals surface area contributed by atoms with Gasteiger partial charge in [-0.2, -0.15) is 5.10 Å². The van der Waals surface area contributed by atoms with Crippen LogP contribution in [0.3, 0.4) is 0 Å². The van der Waals surface area contributed by atoms with E-state index in [4.69, 9.17) is 8.83 Å². The maximum absolute atomic E-state index is 13.4. The molecule has 2 aromatic carbocycles. The van der Waals surface area contributed by atoms with Crippen LogP contribution in [0.5, 0.6) is 0 Å². The van der Waals surface area contributed by atoms with Crippen molar-refractivity contribution < 1.29 is 18.4 Å². The Bertz CT molecular complexity index is 1510. The van der Waals surface area contributed by atoms with Crippen LogP contribution in [0.15, 0.2) is 62.7 Å². The lowest BCUT2D eigenvalue weighted by Crippen LogP contribution is -2.30. The quantitative estimate of drug-likeness (QED) is 0.330. The standard InChI is InChI=1S/C30H31N3O4/c1-5-33(22-10-7-6-8-11-22)30(35)29-20(4)28-23(12-9-13-24(28)37-29)31-32-26(34)16-21-17-36-25-15-18(2)14-19(3)27(21)25/h6-8,10-11,14-15,17H,5,9,12-13,16H2,1-4H3,(H,32,34)/b31-23+. The Hall–Kier alpha value is -4.13. The van der Waals surface area contributed by atoms with Gasteiger partial charge in [-0.05, 0) is 69.9 Å². The SMILES string of the molecule is CCN(C(=O)c1oc2c(c1C)/C(=N/NC(=O)Cc1coc3cc(C)cc(C)c13)CCC2)c1ccccc1. The molecule has 0 fully saturated rings. The van der Waals surface area contributed by atoms with E-state index >= 15 is 0 Å². The molecule has 0 unspecified atom stereocenters. The summed E-state index contributed by atoms with van der Waals surface area (Å²) in [5, 5.41) is 5.45. The normalized spacial score (nSPS) is 14.1. The second-order valence-electron chi connectivity index (χ2n) is 9.58. The van der Waals surface area contributed by atoms with Gasteiger partial charge in [0.1, 0.15) is 11.3 Å². The number of hydrogen-bond donors (Lipinski definition) is 1. The number of hydrogen-bond acceptors (Lipinski definition) is 5. The number of amides is 2. The molecule has 5 rings (SSSR count). The molecule has 1 N–H and O–H groups in total. The van der Waals surface area contributed by atoms with Crippen LogP contribution in [0.25, 0.3) is 11.0 Å². The average Bonchev–Trinajstić information content (AvgIpc) is 3.44. The third-order valence-electron chi connectivity index (χ3n) is 6.91. The van der Waals surface area contributed by atoms with Crippen molar-refractivity contribution in [1.29, 1.82) is 0 Å². The Balaban J connectivity index is 1.37. The van der Waals surface area contributed by atoms with Crippen LogP contribution in [0.1, 0.15) is 63.9 Å². The fourth-order valence-electron chi connectivity index (χ4n) is 5.26. The smallest absolute Gasteiger partial charge is 0.294 e. The van der Waals surface area contributed by atoms with Crippen molar-refractivity contribution in [2.24, 2.45) is 5.10 Å². The molecule has 2 aromatic heterocycles. The van der Waals surface area contributed by atoms with E-state index in [2.05, 4.69) is 16.6 Å². The first-order valence-electron chi connectivity index (χ1n) is 12.7. The molecule has 7 heteroatoms. The van der Waals surface area contributed by atoms with Crippen molar-refractivity contribution in [2.45, 2.75) is 53.4 Å². The number of hydrazone groups is 1. The average molecular weight is 498 g/mol. The van der Waals surface area contributed by atoms with Gasteiger partial charge in [0, 0.05) is 40.7 Å². The Kier molecular flexibility index (Phi) is 6.70. The molecular weight excluding hydrogens is 466 g/mol. The van der Waals surface area contributed by atoms with Gasteiger partial charge in [-0.25, -0.2) is 5.43 Å². The molecule has 0 radical (unpaired) electrons. The van der Waals surface area contributed by atoms with E-state index in [0.29, 0.717) is 18.7 Å². The third kappa shape index (κ3) is 4.69. The molecule has 190 valence electrons. The summed E-state index contributed by atoms with van der Waals surface area (Å²) in [5.41, 5.74) is 9.69. The summed E-state index contributed by atoms with van der Waals surface area (Å²) in [6.45, 7) is 8.39. The van der Waals surface area contributed by atoms with Crippen LogP contribution in [0.4, 0.5) is 5.69 Å². The molecule has 0 aliphatic heterocycles. The zero-order valence-electron chi connectivity index (χ0n) is 21.7. The van der Waals surface area contributed by atoms with Gasteiger partial charge in [0.05, 0.1) is 18.4 Å². The van der Waals surface area contributed by atoms with Gasteiger partial charge in [0.15, 0.2) is 5.76 Å². The van der Waals surface area contributed by atoms with Gasteiger partial charge < -0.3 is 13.7 Å². The molecule has 37 heavy (non-hydrogen) atoms. The Morgan fingerprint density at radius 1 is 1.08 bits per heavy atom. The maximum atomic E-state index is 13.4. The molecule has 0 atom stereocenters. The molecule has 7 nitrogen and oxygen atoms in total. The van der Waals surface area contributed by atoms with Crippen molar-refractivity contribution in [1.82, 2.24) is 5.43 Å². The summed E-state index contributed by atoms with van der Waals surface area (Å²) < 4.78 is 11.8. The van der Waals surface area contributed by atoms with Crippen molar-refractivity contribution in [2.75, 3.05) is 11.4 Å². The van der Waals surface area contributed by atoms with Crippen LogP contribution < -0.4 is 10.3 Å². The van der Waals surface area contributed by atoms with Crippen LogP contribution in [0, 0.1) is 20.8 Å². The predicted octanol–water partition coefficient (Wildman–Crippen LogP) is 6.02. The van der Waals surface area contributed by atoms with E-state index in [-0.39, 0.29) is 18.2 Å². The first-order chi connectivity index (χ1) is 17.9. The second-order valence-corrected chi connectivity index (χ2v) is 9.58. The Labute approximate surface area is 216 Å². The third-order valence-corrected chi connectivity index (χ3v) is 6.91. The fraction of sp³-hybridized carbons (Fsp3) is 0.300. The number of fused-ring (bicyclic) bond motifs is 2. The number of aryl methyl sites for hydroxylation is 3. The summed E-state index contributed by atoms with van der Waals surface area (Å²) in [5.74, 6) is 0.672. The van der Waals surface area contributed by atoms with E-state index in [1.54, 1.807) is 11.2 Å². The fourth-order valence-corrected chi connectivity index (χ4v) is 5.26. The zero-order valence-corrected chi connectivity index (χ0v) is 21.7. The maximum Gasteiger partial charge on any atom is 0.294 e. The number of para-hydroxylation sites is 1. The van der Waals surface area contributed by atoms with Crippen molar-refractivity contribution >= 4 is 34.2 Å². The van der Waals surface area contributed by atoms with Gasteiger partial charge >= 0.3 is 0 Å². The van der Waals surface area contributed by atoms with Crippen LogP contribution in [-0.2, 0) is 17.6 Å². The monoisotopic (exact) mass is 497 g/mol. The number of nitrogens with one attached hydrogen (secondary N) is 1. The van der Waals surface area contributed by atoms with Crippen molar-refractivity contribution in [3.63, 3.8) is 0 Å². The molecule has 4 aromatic rings. The summed E-state index contributed by atoms with van der Waals surface area (Å²) in [7, 11) is 0. The van der Waals surface area contributed by atoms with Crippen LogP contribution in [0.2, 0.25) is 0 Å². The van der Waals surface area contributed by atoms with Gasteiger partial charge in [-0.1, -0.05) is 24.3 Å². The highest BCUT2D eigenvalue weighted by atomic mass is 16.4. The van der Waals surface area contributed by atoms with Crippen molar-refractivity contribution in [3.8, 4) is 0 Å². The molecule has 1 aliphatic rings. The lowest BCUT2D eigenvalue weighted by Gasteiger charge is -2.20. The summed E-state index contributed by atoms with van der Waals surface area (Å²) >= 11 is 0. The van der Waals surface area contributed by atoms with E-state index < -0.39 is 0 Å². The van der Waals surface area contributed by atoms with E-state index in [1.807, 2.05) is 64.1 Å². The summed E-state index contributed by atoms with van der Waals surface area (Å²) in [6, 6.07) is 13.6. The highest BCUT2D eigenvalue weighted by molar-refractivity contribution is 6.10. The number of furan rings is 2. The van der Waals surface area contributed by atoms with Gasteiger partial charge in [0.25, 0.3) is 5.91 Å². The topological polar surface area (TPSA) is 88.0 Å². The largest absolute Gasteiger partial charge is 0.464 e. The zero-order chi connectivity index (χ0) is 26.1. The van der Waals surface area contributed by atoms with E-state index in [0.717, 1.165) is 68.8 Å². The first kappa shape index (κ1) is 24.6. The number of benzene rings is 2. The minimum atomic E-state index is -0.221. The summed E-state index contributed by atoms with van der Waals surface area (Å²) in [4.78, 5) is 28.0. The second kappa shape index (κ2) is 10.1. The van der Waals surface area contributed by atoms with E-state index in [1.165, 1.54) is 0 Å². The predicted molar refractivity (Wildman–Crippen MR) is 144 cm³/mol. The molecule has 0 spiro atoms. The lowest BCUT2D eigenvalue weighted by atomic mass is 9.93. The Morgan fingerprint density at radius 3 is 2.62 bits per heavy atom. The number of carbonyl (C=O) groups is 2. The molecule has 0 bridgehead atoms. The minimum absolute atomic E-state index is 0.164. The molecule has 0 saturated heterocycles. The molecular formula is C30H31N3O4. The van der Waals surface area contributed by atoms with Gasteiger partial charge in [-0.15, -0.1) is 0 Å². The van der Waals surface area contributed by atoms with Crippen LogP contribution in [-0.4, -0.2) is 24.1 Å². The van der Waals surface area contributed by atoms with Crippen LogP contribution >= 0.6 is 0 Å². The summed E-state index contributed by atoms with van der Waals surface area (Å²) in [6.07, 6.45) is 4.07. The Morgan fingerprint density at radius 2 is 1.86 bits per heavy atom. The number of nitrogens with zero attached hydrogens (tertiary/aromatic N) is 2.